The zero-order valence-electron chi connectivity index (χ0n) is 15.1. The van der Waals surface area contributed by atoms with E-state index >= 15 is 0 Å². The third-order valence-corrected chi connectivity index (χ3v) is 4.25. The van der Waals surface area contributed by atoms with Crippen molar-refractivity contribution in [3.8, 4) is 0 Å². The molecule has 0 rings (SSSR count). The Morgan fingerprint density at radius 3 is 1.68 bits per heavy atom. The Labute approximate surface area is 138 Å². The Bertz CT molecular complexity index is 209. The summed E-state index contributed by atoms with van der Waals surface area (Å²) in [6, 6.07) is 0. The van der Waals surface area contributed by atoms with Gasteiger partial charge in [0.25, 0.3) is 0 Å². The van der Waals surface area contributed by atoms with E-state index in [9.17, 15) is 5.11 Å². The minimum absolute atomic E-state index is 0.185. The van der Waals surface area contributed by atoms with E-state index in [2.05, 4.69) is 6.92 Å². The number of rotatable bonds is 17. The van der Waals surface area contributed by atoms with Crippen LogP contribution in [0.2, 0.25) is 0 Å². The van der Waals surface area contributed by atoms with Gasteiger partial charge in [-0.3, -0.25) is 0 Å². The van der Waals surface area contributed by atoms with Crippen LogP contribution in [0.4, 0.5) is 0 Å². The summed E-state index contributed by atoms with van der Waals surface area (Å²) in [7, 11) is 0. The molecule has 0 aromatic heterocycles. The molecule has 0 saturated heterocycles. The van der Waals surface area contributed by atoms with Gasteiger partial charge in [-0.05, 0) is 13.3 Å². The van der Waals surface area contributed by atoms with Crippen LogP contribution in [0.3, 0.4) is 0 Å². The molecule has 0 spiro atoms. The maximum atomic E-state index is 9.20. The number of aliphatic hydroxyl groups excluding tert-OH is 2. The van der Waals surface area contributed by atoms with Crippen LogP contribution < -0.4 is 0 Å². The highest BCUT2D eigenvalue weighted by Crippen LogP contribution is 2.13. The summed E-state index contributed by atoms with van der Waals surface area (Å²) in [6.45, 7) is 4.34. The molecule has 3 nitrogen and oxygen atoms in total. The first-order valence-electron chi connectivity index (χ1n) is 9.61. The summed E-state index contributed by atoms with van der Waals surface area (Å²) in [6.07, 6.45) is 16.9. The van der Waals surface area contributed by atoms with Gasteiger partial charge in [-0.15, -0.1) is 0 Å². The molecular formula is C19H40O3. The highest BCUT2D eigenvalue weighted by Gasteiger charge is 2.06. The van der Waals surface area contributed by atoms with Crippen LogP contribution in [0.25, 0.3) is 0 Å². The molecule has 2 atom stereocenters. The van der Waals surface area contributed by atoms with Crippen LogP contribution >= 0.6 is 0 Å². The van der Waals surface area contributed by atoms with Gasteiger partial charge in [-0.1, -0.05) is 84.0 Å². The molecular weight excluding hydrogens is 276 g/mol. The van der Waals surface area contributed by atoms with E-state index in [0.29, 0.717) is 0 Å². The van der Waals surface area contributed by atoms with Crippen LogP contribution in [0.1, 0.15) is 97.3 Å². The molecule has 0 bridgehead atoms. The van der Waals surface area contributed by atoms with E-state index in [1.807, 2.05) is 6.92 Å². The topological polar surface area (TPSA) is 49.7 Å². The second-order valence-corrected chi connectivity index (χ2v) is 6.66. The van der Waals surface area contributed by atoms with Crippen LogP contribution in [-0.4, -0.2) is 35.6 Å². The predicted molar refractivity (Wildman–Crippen MR) is 94.2 cm³/mol. The molecule has 0 heterocycles. The van der Waals surface area contributed by atoms with Crippen molar-refractivity contribution in [2.24, 2.45) is 0 Å². The molecule has 134 valence electrons. The highest BCUT2D eigenvalue weighted by atomic mass is 16.5. The van der Waals surface area contributed by atoms with Crippen LogP contribution in [-0.2, 0) is 4.74 Å². The standard InChI is InChI=1S/C19H40O3/c1-3-4-5-6-7-8-9-10-11-12-13-14-15-18(2)22-17-19(21)16-20/h18-21H,3-17H2,1-2H3. The van der Waals surface area contributed by atoms with E-state index in [-0.39, 0.29) is 19.3 Å². The summed E-state index contributed by atoms with van der Waals surface area (Å²) in [5.41, 5.74) is 0. The summed E-state index contributed by atoms with van der Waals surface area (Å²) >= 11 is 0. The fourth-order valence-electron chi connectivity index (χ4n) is 2.68. The monoisotopic (exact) mass is 316 g/mol. The third kappa shape index (κ3) is 16.3. The van der Waals surface area contributed by atoms with E-state index in [4.69, 9.17) is 9.84 Å². The van der Waals surface area contributed by atoms with E-state index in [1.165, 1.54) is 77.0 Å². The molecule has 2 unspecified atom stereocenters. The SMILES string of the molecule is CCCCCCCCCCCCCCC(C)OCC(O)CO. The molecule has 0 amide bonds. The minimum atomic E-state index is -0.732. The van der Waals surface area contributed by atoms with Crippen molar-refractivity contribution in [3.63, 3.8) is 0 Å². The molecule has 22 heavy (non-hydrogen) atoms. The Balaban J connectivity index is 3.13. The van der Waals surface area contributed by atoms with Crippen molar-refractivity contribution in [2.45, 2.75) is 110 Å². The molecule has 3 heteroatoms. The van der Waals surface area contributed by atoms with Gasteiger partial charge in [-0.2, -0.15) is 0 Å². The molecule has 0 saturated carbocycles. The maximum absolute atomic E-state index is 9.20. The lowest BCUT2D eigenvalue weighted by Crippen LogP contribution is -2.22. The van der Waals surface area contributed by atoms with Gasteiger partial charge in [0.2, 0.25) is 0 Å². The van der Waals surface area contributed by atoms with Crippen molar-refractivity contribution in [3.05, 3.63) is 0 Å². The quantitative estimate of drug-likeness (QED) is 0.378. The Kier molecular flexibility index (Phi) is 17.1. The number of unbranched alkanes of at least 4 members (excludes halogenated alkanes) is 11. The van der Waals surface area contributed by atoms with Crippen molar-refractivity contribution in [2.75, 3.05) is 13.2 Å². The predicted octanol–water partition coefficient (Wildman–Crippen LogP) is 4.84. The number of ether oxygens (including phenoxy) is 1. The molecule has 0 radical (unpaired) electrons. The van der Waals surface area contributed by atoms with E-state index in [0.717, 1.165) is 6.42 Å². The van der Waals surface area contributed by atoms with Gasteiger partial charge >= 0.3 is 0 Å². The van der Waals surface area contributed by atoms with Crippen molar-refractivity contribution in [1.82, 2.24) is 0 Å². The third-order valence-electron chi connectivity index (χ3n) is 4.25. The van der Waals surface area contributed by atoms with Gasteiger partial charge in [0.05, 0.1) is 19.3 Å². The molecule has 0 aliphatic carbocycles. The van der Waals surface area contributed by atoms with E-state index in [1.54, 1.807) is 0 Å². The second-order valence-electron chi connectivity index (χ2n) is 6.66. The fraction of sp³-hybridized carbons (Fsp3) is 1.00. The molecule has 0 aliphatic heterocycles. The molecule has 0 aliphatic rings. The minimum Gasteiger partial charge on any atom is -0.394 e. The zero-order valence-corrected chi connectivity index (χ0v) is 15.1. The van der Waals surface area contributed by atoms with Gasteiger partial charge < -0.3 is 14.9 Å². The van der Waals surface area contributed by atoms with Gasteiger partial charge in [-0.25, -0.2) is 0 Å². The van der Waals surface area contributed by atoms with Gasteiger partial charge in [0, 0.05) is 0 Å². The lowest BCUT2D eigenvalue weighted by atomic mass is 10.0. The van der Waals surface area contributed by atoms with Crippen molar-refractivity contribution in [1.29, 1.82) is 0 Å². The van der Waals surface area contributed by atoms with E-state index < -0.39 is 6.10 Å². The van der Waals surface area contributed by atoms with Crippen molar-refractivity contribution < 1.29 is 14.9 Å². The molecule has 0 aromatic carbocycles. The summed E-state index contributed by atoms with van der Waals surface area (Å²) < 4.78 is 5.48. The summed E-state index contributed by atoms with van der Waals surface area (Å²) in [5, 5.41) is 17.9. The average Bonchev–Trinajstić information content (AvgIpc) is 2.53. The normalized spacial score (nSPS) is 14.2. The van der Waals surface area contributed by atoms with Gasteiger partial charge in [0.1, 0.15) is 6.10 Å². The summed E-state index contributed by atoms with van der Waals surface area (Å²) in [4.78, 5) is 0. The number of aliphatic hydroxyl groups is 2. The Morgan fingerprint density at radius 1 is 0.773 bits per heavy atom. The maximum Gasteiger partial charge on any atom is 0.100 e. The van der Waals surface area contributed by atoms with Crippen LogP contribution in [0.5, 0.6) is 0 Å². The molecule has 0 aromatic rings. The first-order chi connectivity index (χ1) is 10.7. The van der Waals surface area contributed by atoms with Crippen molar-refractivity contribution >= 4 is 0 Å². The lowest BCUT2D eigenvalue weighted by Gasteiger charge is -2.15. The second kappa shape index (κ2) is 17.2. The van der Waals surface area contributed by atoms with Gasteiger partial charge in [0.15, 0.2) is 0 Å². The lowest BCUT2D eigenvalue weighted by molar-refractivity contribution is -0.0254. The molecule has 2 N–H and O–H groups in total. The fourth-order valence-corrected chi connectivity index (χ4v) is 2.68. The van der Waals surface area contributed by atoms with Crippen LogP contribution in [0, 0.1) is 0 Å². The summed E-state index contributed by atoms with van der Waals surface area (Å²) in [5.74, 6) is 0. The highest BCUT2D eigenvalue weighted by molar-refractivity contribution is 4.56. The average molecular weight is 317 g/mol. The Hall–Kier alpha value is -0.120. The first-order valence-corrected chi connectivity index (χ1v) is 9.61. The van der Waals surface area contributed by atoms with Crippen LogP contribution in [0.15, 0.2) is 0 Å². The zero-order chi connectivity index (χ0) is 16.5. The number of hydrogen-bond acceptors (Lipinski definition) is 3. The smallest absolute Gasteiger partial charge is 0.100 e. The molecule has 0 fully saturated rings. The first kappa shape index (κ1) is 21.9. The number of hydrogen-bond donors (Lipinski definition) is 2. The largest absolute Gasteiger partial charge is 0.394 e. The Morgan fingerprint density at radius 2 is 1.23 bits per heavy atom.